The van der Waals surface area contributed by atoms with Gasteiger partial charge in [0.05, 0.1) is 6.61 Å². The van der Waals surface area contributed by atoms with Crippen LogP contribution in [0.2, 0.25) is 0 Å². The van der Waals surface area contributed by atoms with Crippen molar-refractivity contribution in [2.45, 2.75) is 129 Å². The fourth-order valence-corrected chi connectivity index (χ4v) is 4.35. The summed E-state index contributed by atoms with van der Waals surface area (Å²) in [5.41, 5.74) is 2.12. The lowest BCUT2D eigenvalue weighted by Crippen LogP contribution is -2.10. The zero-order chi connectivity index (χ0) is 25.8. The van der Waals surface area contributed by atoms with Crippen molar-refractivity contribution in [2.24, 2.45) is 0 Å². The SMILES string of the molecule is CCCCCCCCCCCc1cnc(-c2ccc(OCCC(F)CCC(F)CCCC)cc2)nc1. The first-order valence-corrected chi connectivity index (χ1v) is 14.4. The number of alkyl halides is 2. The lowest BCUT2D eigenvalue weighted by atomic mass is 10.1. The molecule has 3 nitrogen and oxygen atoms in total. The van der Waals surface area contributed by atoms with Crippen molar-refractivity contribution >= 4 is 0 Å². The molecule has 0 aliphatic rings. The highest BCUT2D eigenvalue weighted by Crippen LogP contribution is 2.21. The normalized spacial score (nSPS) is 13.0. The number of unbranched alkanes of at least 4 members (excludes halogenated alkanes) is 9. The molecule has 0 radical (unpaired) electrons. The fraction of sp³-hybridized carbons (Fsp3) is 0.677. The topological polar surface area (TPSA) is 35.0 Å². The molecule has 0 saturated carbocycles. The van der Waals surface area contributed by atoms with Gasteiger partial charge >= 0.3 is 0 Å². The van der Waals surface area contributed by atoms with E-state index in [1.807, 2.05) is 43.6 Å². The summed E-state index contributed by atoms with van der Waals surface area (Å²) in [4.78, 5) is 9.08. The number of ether oxygens (including phenoxy) is 1. The Bertz CT molecular complexity index is 782. The Balaban J connectivity index is 1.62. The van der Waals surface area contributed by atoms with Crippen molar-refractivity contribution in [1.82, 2.24) is 9.97 Å². The number of benzene rings is 1. The summed E-state index contributed by atoms with van der Waals surface area (Å²) in [7, 11) is 0. The second-order valence-electron chi connectivity index (χ2n) is 10.1. The van der Waals surface area contributed by atoms with Crippen LogP contribution in [0.1, 0.15) is 116 Å². The molecule has 5 heteroatoms. The first kappa shape index (κ1) is 30.2. The molecular weight excluding hydrogens is 454 g/mol. The molecule has 0 spiro atoms. The molecule has 1 heterocycles. The molecule has 2 unspecified atom stereocenters. The van der Waals surface area contributed by atoms with E-state index >= 15 is 0 Å². The lowest BCUT2D eigenvalue weighted by molar-refractivity contribution is 0.199. The molecule has 1 aromatic carbocycles. The van der Waals surface area contributed by atoms with Gasteiger partial charge in [0.1, 0.15) is 18.1 Å². The van der Waals surface area contributed by atoms with Crippen LogP contribution in [-0.2, 0) is 6.42 Å². The summed E-state index contributed by atoms with van der Waals surface area (Å²) in [6.45, 7) is 4.59. The van der Waals surface area contributed by atoms with Gasteiger partial charge in [0.25, 0.3) is 0 Å². The van der Waals surface area contributed by atoms with Gasteiger partial charge in [-0.05, 0) is 61.9 Å². The number of aromatic nitrogens is 2. The minimum atomic E-state index is -1.02. The maximum absolute atomic E-state index is 14.0. The fourth-order valence-electron chi connectivity index (χ4n) is 4.35. The maximum atomic E-state index is 14.0. The van der Waals surface area contributed by atoms with Crippen LogP contribution in [-0.4, -0.2) is 28.9 Å². The van der Waals surface area contributed by atoms with Crippen molar-refractivity contribution in [1.29, 1.82) is 0 Å². The van der Waals surface area contributed by atoms with E-state index in [9.17, 15) is 8.78 Å². The monoisotopic (exact) mass is 502 g/mol. The van der Waals surface area contributed by atoms with Crippen molar-refractivity contribution in [3.05, 3.63) is 42.2 Å². The van der Waals surface area contributed by atoms with E-state index in [1.165, 1.54) is 63.4 Å². The van der Waals surface area contributed by atoms with Crippen LogP contribution in [0.5, 0.6) is 5.75 Å². The molecule has 0 aliphatic carbocycles. The van der Waals surface area contributed by atoms with Gasteiger partial charge in [0.15, 0.2) is 5.82 Å². The molecule has 2 rings (SSSR count). The average molecular weight is 503 g/mol. The van der Waals surface area contributed by atoms with Gasteiger partial charge in [0, 0.05) is 24.4 Å². The number of hydrogen-bond donors (Lipinski definition) is 0. The summed E-state index contributed by atoms with van der Waals surface area (Å²) < 4.78 is 33.4. The van der Waals surface area contributed by atoms with Gasteiger partial charge in [0.2, 0.25) is 0 Å². The molecule has 0 saturated heterocycles. The largest absolute Gasteiger partial charge is 0.493 e. The Morgan fingerprint density at radius 1 is 0.667 bits per heavy atom. The van der Waals surface area contributed by atoms with Crippen LogP contribution in [0.4, 0.5) is 8.78 Å². The van der Waals surface area contributed by atoms with E-state index in [0.717, 1.165) is 24.8 Å². The smallest absolute Gasteiger partial charge is 0.159 e. The summed E-state index contributed by atoms with van der Waals surface area (Å²) in [6.07, 6.45) is 18.2. The molecule has 0 amide bonds. The Morgan fingerprint density at radius 2 is 1.22 bits per heavy atom. The first-order valence-electron chi connectivity index (χ1n) is 14.4. The van der Waals surface area contributed by atoms with Crippen LogP contribution < -0.4 is 4.74 Å². The molecule has 202 valence electrons. The number of aryl methyl sites for hydroxylation is 1. The van der Waals surface area contributed by atoms with Gasteiger partial charge < -0.3 is 4.74 Å². The van der Waals surface area contributed by atoms with Gasteiger partial charge in [-0.3, -0.25) is 0 Å². The quantitative estimate of drug-likeness (QED) is 0.159. The molecule has 0 aliphatic heterocycles. The van der Waals surface area contributed by atoms with Gasteiger partial charge in [-0.1, -0.05) is 78.1 Å². The highest BCUT2D eigenvalue weighted by Gasteiger charge is 2.12. The number of nitrogens with zero attached hydrogens (tertiary/aromatic N) is 2. The van der Waals surface area contributed by atoms with Crippen LogP contribution in [0.15, 0.2) is 36.7 Å². The summed E-state index contributed by atoms with van der Waals surface area (Å²) in [5, 5.41) is 0. The molecule has 0 N–H and O–H groups in total. The lowest BCUT2D eigenvalue weighted by Gasteiger charge is -2.12. The van der Waals surface area contributed by atoms with E-state index in [4.69, 9.17) is 4.74 Å². The van der Waals surface area contributed by atoms with Crippen molar-refractivity contribution < 1.29 is 13.5 Å². The zero-order valence-corrected chi connectivity index (χ0v) is 22.7. The molecule has 2 aromatic rings. The van der Waals surface area contributed by atoms with Crippen LogP contribution in [0.25, 0.3) is 11.4 Å². The predicted octanol–water partition coefficient (Wildman–Crippen LogP) is 9.63. The van der Waals surface area contributed by atoms with Crippen LogP contribution in [0, 0.1) is 0 Å². The van der Waals surface area contributed by atoms with Crippen molar-refractivity contribution in [2.75, 3.05) is 6.61 Å². The Hall–Kier alpha value is -2.04. The van der Waals surface area contributed by atoms with E-state index in [0.29, 0.717) is 24.4 Å². The van der Waals surface area contributed by atoms with Gasteiger partial charge in [-0.25, -0.2) is 18.7 Å². The number of halogens is 2. The average Bonchev–Trinajstić information content (AvgIpc) is 2.90. The number of rotatable bonds is 21. The van der Waals surface area contributed by atoms with E-state index in [1.54, 1.807) is 0 Å². The minimum Gasteiger partial charge on any atom is -0.493 e. The Morgan fingerprint density at radius 3 is 1.83 bits per heavy atom. The third kappa shape index (κ3) is 13.3. The Kier molecular flexibility index (Phi) is 16.0. The van der Waals surface area contributed by atoms with E-state index in [2.05, 4.69) is 16.9 Å². The zero-order valence-electron chi connectivity index (χ0n) is 22.7. The van der Waals surface area contributed by atoms with Crippen LogP contribution in [0.3, 0.4) is 0 Å². The van der Waals surface area contributed by atoms with Crippen molar-refractivity contribution in [3.63, 3.8) is 0 Å². The molecule has 0 fully saturated rings. The number of hydrogen-bond acceptors (Lipinski definition) is 3. The summed E-state index contributed by atoms with van der Waals surface area (Å²) in [5.74, 6) is 1.39. The molecule has 2 atom stereocenters. The van der Waals surface area contributed by atoms with Gasteiger partial charge in [-0.2, -0.15) is 0 Å². The standard InChI is InChI=1S/C31H48F2N2O/c1-3-5-7-8-9-10-11-12-13-14-26-24-34-31(35-25-26)27-16-20-30(21-17-27)36-23-22-29(33)19-18-28(32)15-6-4-2/h16-17,20-21,24-25,28-29H,3-15,18-19,22-23H2,1-2H3. The second kappa shape index (κ2) is 19.1. The van der Waals surface area contributed by atoms with E-state index < -0.39 is 12.3 Å². The highest BCUT2D eigenvalue weighted by molar-refractivity contribution is 5.55. The van der Waals surface area contributed by atoms with E-state index in [-0.39, 0.29) is 19.4 Å². The van der Waals surface area contributed by atoms with Crippen LogP contribution >= 0.6 is 0 Å². The second-order valence-corrected chi connectivity index (χ2v) is 10.1. The minimum absolute atomic E-state index is 0.264. The third-order valence-electron chi connectivity index (χ3n) is 6.75. The molecule has 0 bridgehead atoms. The maximum Gasteiger partial charge on any atom is 0.159 e. The highest BCUT2D eigenvalue weighted by atomic mass is 19.1. The molecular formula is C31H48F2N2O. The first-order chi connectivity index (χ1) is 17.6. The van der Waals surface area contributed by atoms with Crippen molar-refractivity contribution in [3.8, 4) is 17.1 Å². The Labute approximate surface area is 218 Å². The summed E-state index contributed by atoms with van der Waals surface area (Å²) in [6, 6.07) is 7.59. The summed E-state index contributed by atoms with van der Waals surface area (Å²) >= 11 is 0. The third-order valence-corrected chi connectivity index (χ3v) is 6.75. The molecule has 1 aromatic heterocycles. The molecule has 36 heavy (non-hydrogen) atoms. The van der Waals surface area contributed by atoms with Gasteiger partial charge in [-0.15, -0.1) is 0 Å². The predicted molar refractivity (Wildman–Crippen MR) is 147 cm³/mol.